The molecule has 0 unspecified atom stereocenters. The molecular weight excluding hydrogens is 268 g/mol. The molecule has 3 N–H and O–H groups in total. The van der Waals surface area contributed by atoms with E-state index in [-0.39, 0.29) is 5.91 Å². The van der Waals surface area contributed by atoms with Gasteiger partial charge in [-0.15, -0.1) is 0 Å². The van der Waals surface area contributed by atoms with Crippen molar-refractivity contribution in [2.24, 2.45) is 0 Å². The van der Waals surface area contributed by atoms with Crippen molar-refractivity contribution in [1.29, 1.82) is 0 Å². The second-order valence-corrected chi connectivity index (χ2v) is 5.07. The molecular formula is C15H26N4O2. The summed E-state index contributed by atoms with van der Waals surface area (Å²) in [6.45, 7) is 2.87. The third-order valence-corrected chi connectivity index (χ3v) is 3.20. The van der Waals surface area contributed by atoms with Gasteiger partial charge in [-0.25, -0.2) is 9.97 Å². The zero-order chi connectivity index (χ0) is 15.5. The number of unbranched alkanes of at least 4 members (excludes halogenated alkanes) is 4. The molecule has 1 amide bonds. The molecule has 1 aromatic heterocycles. The average molecular weight is 294 g/mol. The SMILES string of the molecule is CCCCCCCC(=O)NCc1cnc(COC)nc1N. The second-order valence-electron chi connectivity index (χ2n) is 5.07. The Kier molecular flexibility index (Phi) is 8.35. The smallest absolute Gasteiger partial charge is 0.220 e. The van der Waals surface area contributed by atoms with E-state index < -0.39 is 0 Å². The Labute approximate surface area is 126 Å². The summed E-state index contributed by atoms with van der Waals surface area (Å²) in [5.41, 5.74) is 6.57. The zero-order valence-corrected chi connectivity index (χ0v) is 13.0. The molecule has 0 aliphatic rings. The minimum atomic E-state index is 0.0480. The molecule has 0 spiro atoms. The van der Waals surface area contributed by atoms with Gasteiger partial charge in [-0.3, -0.25) is 4.79 Å². The molecule has 0 radical (unpaired) electrons. The van der Waals surface area contributed by atoms with Crippen LogP contribution >= 0.6 is 0 Å². The number of carbonyl (C=O) groups is 1. The molecule has 0 aromatic carbocycles. The molecule has 0 saturated carbocycles. The summed E-state index contributed by atoms with van der Waals surface area (Å²) in [5.74, 6) is 0.980. The number of nitrogens with one attached hydrogen (secondary N) is 1. The van der Waals surface area contributed by atoms with E-state index >= 15 is 0 Å². The van der Waals surface area contributed by atoms with Crippen LogP contribution in [-0.4, -0.2) is 23.0 Å². The van der Waals surface area contributed by atoms with Gasteiger partial charge in [0.2, 0.25) is 5.91 Å². The minimum Gasteiger partial charge on any atom is -0.383 e. The van der Waals surface area contributed by atoms with Gasteiger partial charge in [-0.2, -0.15) is 0 Å². The molecule has 6 nitrogen and oxygen atoms in total. The summed E-state index contributed by atoms with van der Waals surface area (Å²) >= 11 is 0. The Bertz CT molecular complexity index is 438. The third-order valence-electron chi connectivity index (χ3n) is 3.20. The van der Waals surface area contributed by atoms with E-state index in [4.69, 9.17) is 10.5 Å². The van der Waals surface area contributed by atoms with Gasteiger partial charge in [0.05, 0.1) is 0 Å². The molecule has 0 fully saturated rings. The van der Waals surface area contributed by atoms with E-state index in [0.29, 0.717) is 31.2 Å². The minimum absolute atomic E-state index is 0.0480. The van der Waals surface area contributed by atoms with Gasteiger partial charge in [-0.05, 0) is 6.42 Å². The van der Waals surface area contributed by atoms with Crippen LogP contribution in [0.25, 0.3) is 0 Å². The van der Waals surface area contributed by atoms with E-state index in [1.165, 1.54) is 19.3 Å². The van der Waals surface area contributed by atoms with Crippen LogP contribution in [0.3, 0.4) is 0 Å². The first-order valence-corrected chi connectivity index (χ1v) is 7.53. The van der Waals surface area contributed by atoms with E-state index in [1.807, 2.05) is 0 Å². The van der Waals surface area contributed by atoms with Crippen LogP contribution in [-0.2, 0) is 22.7 Å². The maximum Gasteiger partial charge on any atom is 0.220 e. The van der Waals surface area contributed by atoms with Crippen molar-refractivity contribution >= 4 is 11.7 Å². The van der Waals surface area contributed by atoms with Gasteiger partial charge >= 0.3 is 0 Å². The van der Waals surface area contributed by atoms with Crippen LogP contribution in [0, 0.1) is 0 Å². The average Bonchev–Trinajstić information content (AvgIpc) is 2.46. The van der Waals surface area contributed by atoms with E-state index in [1.54, 1.807) is 13.3 Å². The van der Waals surface area contributed by atoms with Crippen molar-refractivity contribution in [3.05, 3.63) is 17.6 Å². The number of rotatable bonds is 10. The van der Waals surface area contributed by atoms with E-state index in [9.17, 15) is 4.79 Å². The molecule has 1 rings (SSSR count). The number of carbonyl (C=O) groups excluding carboxylic acids is 1. The van der Waals surface area contributed by atoms with E-state index in [2.05, 4.69) is 22.2 Å². The summed E-state index contributed by atoms with van der Waals surface area (Å²) in [5, 5.41) is 2.85. The molecule has 6 heteroatoms. The third kappa shape index (κ3) is 7.04. The highest BCUT2D eigenvalue weighted by Gasteiger charge is 2.06. The maximum atomic E-state index is 11.7. The van der Waals surface area contributed by atoms with Crippen molar-refractivity contribution in [2.45, 2.75) is 58.6 Å². The van der Waals surface area contributed by atoms with E-state index in [0.717, 1.165) is 18.4 Å². The molecule has 1 aromatic rings. The molecule has 0 aliphatic carbocycles. The Balaban J connectivity index is 2.29. The summed E-state index contributed by atoms with van der Waals surface area (Å²) in [4.78, 5) is 20.0. The Morgan fingerprint density at radius 1 is 1.33 bits per heavy atom. The summed E-state index contributed by atoms with van der Waals surface area (Å²) in [6, 6.07) is 0. The molecule has 0 saturated heterocycles. The van der Waals surface area contributed by atoms with Crippen molar-refractivity contribution in [1.82, 2.24) is 15.3 Å². The van der Waals surface area contributed by atoms with Gasteiger partial charge in [-0.1, -0.05) is 32.6 Å². The number of nitrogens with two attached hydrogens (primary N) is 1. The van der Waals surface area contributed by atoms with Crippen molar-refractivity contribution < 1.29 is 9.53 Å². The van der Waals surface area contributed by atoms with Crippen LogP contribution in [0.2, 0.25) is 0 Å². The Hall–Kier alpha value is -1.69. The lowest BCUT2D eigenvalue weighted by atomic mass is 10.1. The number of aromatic nitrogens is 2. The lowest BCUT2D eigenvalue weighted by Gasteiger charge is -2.08. The fourth-order valence-electron chi connectivity index (χ4n) is 1.96. The Morgan fingerprint density at radius 2 is 2.10 bits per heavy atom. The molecule has 0 aliphatic heterocycles. The predicted molar refractivity (Wildman–Crippen MR) is 82.4 cm³/mol. The van der Waals surface area contributed by atoms with Crippen LogP contribution < -0.4 is 11.1 Å². The number of nitrogen functional groups attached to an aromatic ring is 1. The zero-order valence-electron chi connectivity index (χ0n) is 13.0. The predicted octanol–water partition coefficient (Wildman–Crippen LogP) is 2.18. The van der Waals surface area contributed by atoms with Gasteiger partial charge in [0.15, 0.2) is 5.82 Å². The lowest BCUT2D eigenvalue weighted by molar-refractivity contribution is -0.121. The Morgan fingerprint density at radius 3 is 2.76 bits per heavy atom. The fraction of sp³-hybridized carbons (Fsp3) is 0.667. The van der Waals surface area contributed by atoms with Crippen LogP contribution in [0.15, 0.2) is 6.20 Å². The monoisotopic (exact) mass is 294 g/mol. The first kappa shape index (κ1) is 17.4. The number of hydrogen-bond donors (Lipinski definition) is 2. The highest BCUT2D eigenvalue weighted by Crippen LogP contribution is 2.08. The summed E-state index contributed by atoms with van der Waals surface area (Å²) in [7, 11) is 1.58. The van der Waals surface area contributed by atoms with Gasteiger partial charge in [0.1, 0.15) is 12.4 Å². The normalized spacial score (nSPS) is 10.6. The number of anilines is 1. The standard InChI is InChI=1S/C15H26N4O2/c1-3-4-5-6-7-8-14(20)18-10-12-9-17-13(11-21-2)19-15(12)16/h9H,3-8,10-11H2,1-2H3,(H,18,20)(H2,16,17,19). The quantitative estimate of drug-likeness (QED) is 0.645. The first-order chi connectivity index (χ1) is 10.2. The van der Waals surface area contributed by atoms with Gasteiger partial charge in [0, 0.05) is 31.8 Å². The van der Waals surface area contributed by atoms with Crippen LogP contribution in [0.4, 0.5) is 5.82 Å². The van der Waals surface area contributed by atoms with Crippen molar-refractivity contribution in [3.63, 3.8) is 0 Å². The number of nitrogens with zero attached hydrogens (tertiary/aromatic N) is 2. The molecule has 118 valence electrons. The van der Waals surface area contributed by atoms with Gasteiger partial charge < -0.3 is 15.8 Å². The molecule has 0 atom stereocenters. The first-order valence-electron chi connectivity index (χ1n) is 7.53. The van der Waals surface area contributed by atoms with Crippen molar-refractivity contribution in [3.8, 4) is 0 Å². The highest BCUT2D eigenvalue weighted by molar-refractivity contribution is 5.75. The van der Waals surface area contributed by atoms with Crippen LogP contribution in [0.5, 0.6) is 0 Å². The summed E-state index contributed by atoms with van der Waals surface area (Å²) in [6.07, 6.45) is 7.90. The fourth-order valence-corrected chi connectivity index (χ4v) is 1.96. The summed E-state index contributed by atoms with van der Waals surface area (Å²) < 4.78 is 4.94. The number of methoxy groups -OCH3 is 1. The number of hydrogen-bond acceptors (Lipinski definition) is 5. The largest absolute Gasteiger partial charge is 0.383 e. The topological polar surface area (TPSA) is 90.1 Å². The highest BCUT2D eigenvalue weighted by atomic mass is 16.5. The van der Waals surface area contributed by atoms with Crippen LogP contribution in [0.1, 0.15) is 56.8 Å². The number of ether oxygens (including phenoxy) is 1. The molecule has 1 heterocycles. The van der Waals surface area contributed by atoms with Crippen molar-refractivity contribution in [2.75, 3.05) is 12.8 Å². The molecule has 21 heavy (non-hydrogen) atoms. The number of amides is 1. The second kappa shape index (κ2) is 10.1. The lowest BCUT2D eigenvalue weighted by Crippen LogP contribution is -2.23. The van der Waals surface area contributed by atoms with Gasteiger partial charge in [0.25, 0.3) is 0 Å². The maximum absolute atomic E-state index is 11.7. The molecule has 0 bridgehead atoms.